The van der Waals surface area contributed by atoms with Crippen LogP contribution in [0, 0.1) is 11.8 Å². The Hall–Kier alpha value is -0.880. The van der Waals surface area contributed by atoms with Gasteiger partial charge in [-0.05, 0) is 25.3 Å². The first-order valence-electron chi connectivity index (χ1n) is 6.26. The molecule has 1 heterocycles. The number of thioether (sulfide) groups is 1. The maximum absolute atomic E-state index is 11.9. The summed E-state index contributed by atoms with van der Waals surface area (Å²) in [7, 11) is 0. The minimum atomic E-state index is -0.835. The van der Waals surface area contributed by atoms with Crippen LogP contribution in [0.15, 0.2) is 4.99 Å². The lowest BCUT2D eigenvalue weighted by atomic mass is 9.78. The number of carbonyl (C=O) groups excluding carboxylic acids is 1. The molecule has 1 aliphatic carbocycles. The number of carboxylic acids is 1. The minimum absolute atomic E-state index is 0.00357. The van der Waals surface area contributed by atoms with E-state index < -0.39 is 5.97 Å². The molecule has 5 nitrogen and oxygen atoms in total. The van der Waals surface area contributed by atoms with Crippen LogP contribution in [0.25, 0.3) is 0 Å². The number of Topliss-reactive ketones (excluding diaryl/α,β-unsaturated/α-hetero) is 1. The van der Waals surface area contributed by atoms with Crippen LogP contribution in [0.5, 0.6) is 0 Å². The molecule has 1 saturated carbocycles. The van der Waals surface area contributed by atoms with E-state index in [1.165, 1.54) is 0 Å². The van der Waals surface area contributed by atoms with E-state index >= 15 is 0 Å². The summed E-state index contributed by atoms with van der Waals surface area (Å²) in [6, 6.07) is 0. The van der Waals surface area contributed by atoms with Gasteiger partial charge in [0, 0.05) is 17.6 Å². The van der Waals surface area contributed by atoms with Crippen LogP contribution in [-0.2, 0) is 9.59 Å². The smallest absolute Gasteiger partial charge is 0.317 e. The first-order valence-corrected chi connectivity index (χ1v) is 7.20. The minimum Gasteiger partial charge on any atom is -0.480 e. The van der Waals surface area contributed by atoms with Crippen molar-refractivity contribution in [3.63, 3.8) is 0 Å². The predicted molar refractivity (Wildman–Crippen MR) is 71.1 cm³/mol. The molecule has 0 aromatic carbocycles. The van der Waals surface area contributed by atoms with Crippen LogP contribution in [0.3, 0.4) is 0 Å². The summed E-state index contributed by atoms with van der Waals surface area (Å²) in [6.45, 7) is 1.43. The van der Waals surface area contributed by atoms with Crippen molar-refractivity contribution < 1.29 is 14.7 Å². The van der Waals surface area contributed by atoms with Gasteiger partial charge in [0.25, 0.3) is 0 Å². The molecule has 3 unspecified atom stereocenters. The lowest BCUT2D eigenvalue weighted by Crippen LogP contribution is -2.37. The van der Waals surface area contributed by atoms with E-state index in [-0.39, 0.29) is 12.5 Å². The molecule has 0 radical (unpaired) electrons. The molecule has 0 bridgehead atoms. The van der Waals surface area contributed by atoms with Crippen molar-refractivity contribution in [2.24, 2.45) is 16.8 Å². The second-order valence-corrected chi connectivity index (χ2v) is 5.97. The van der Waals surface area contributed by atoms with Gasteiger partial charge in [-0.3, -0.25) is 14.6 Å². The van der Waals surface area contributed by atoms with Crippen molar-refractivity contribution in [1.82, 2.24) is 5.32 Å². The topological polar surface area (TPSA) is 78.8 Å². The molecule has 100 valence electrons. The summed E-state index contributed by atoms with van der Waals surface area (Å²) in [5.74, 6) is 0.0294. The molecule has 0 amide bonds. The van der Waals surface area contributed by atoms with Gasteiger partial charge in [0.05, 0.1) is 18.6 Å². The maximum atomic E-state index is 11.9. The second kappa shape index (κ2) is 6.33. The number of aliphatic carboxylic acids is 1. The molecule has 6 heteroatoms. The number of ketones is 1. The quantitative estimate of drug-likeness (QED) is 0.772. The third-order valence-electron chi connectivity index (χ3n) is 3.55. The van der Waals surface area contributed by atoms with Gasteiger partial charge in [0.2, 0.25) is 0 Å². The molecule has 2 N–H and O–H groups in total. The van der Waals surface area contributed by atoms with Gasteiger partial charge < -0.3 is 10.4 Å². The number of nitrogens with one attached hydrogen (secondary N) is 1. The summed E-state index contributed by atoms with van der Waals surface area (Å²) >= 11 is 1.66. The fourth-order valence-electron chi connectivity index (χ4n) is 2.60. The number of hydrogen-bond acceptors (Lipinski definition) is 5. The molecule has 3 atom stereocenters. The average Bonchev–Trinajstić information content (AvgIpc) is 2.84. The number of carbonyl (C=O) groups is 2. The van der Waals surface area contributed by atoms with E-state index in [0.717, 1.165) is 19.4 Å². The van der Waals surface area contributed by atoms with Crippen LogP contribution < -0.4 is 5.32 Å². The second-order valence-electron chi connectivity index (χ2n) is 4.88. The Morgan fingerprint density at radius 3 is 3.11 bits per heavy atom. The zero-order valence-corrected chi connectivity index (χ0v) is 11.0. The fraction of sp³-hybridized carbons (Fsp3) is 0.750. The highest BCUT2D eigenvalue weighted by atomic mass is 32.2. The Kier molecular flexibility index (Phi) is 4.77. The van der Waals surface area contributed by atoms with E-state index in [4.69, 9.17) is 5.11 Å². The molecular formula is C12H18N2O3S. The Morgan fingerprint density at radius 1 is 1.61 bits per heavy atom. The summed E-state index contributed by atoms with van der Waals surface area (Å²) in [5.41, 5.74) is 1.84. The lowest BCUT2D eigenvalue weighted by Gasteiger charge is -2.30. The van der Waals surface area contributed by atoms with E-state index in [1.807, 2.05) is 5.55 Å². The predicted octanol–water partition coefficient (Wildman–Crippen LogP) is 0.790. The van der Waals surface area contributed by atoms with Crippen LogP contribution in [0.4, 0.5) is 0 Å². The van der Waals surface area contributed by atoms with E-state index in [1.54, 1.807) is 11.8 Å². The third-order valence-corrected chi connectivity index (χ3v) is 4.65. The molecule has 0 aromatic heterocycles. The molecule has 1 fully saturated rings. The largest absolute Gasteiger partial charge is 0.480 e. The van der Waals surface area contributed by atoms with Crippen molar-refractivity contribution in [3.8, 4) is 0 Å². The highest BCUT2D eigenvalue weighted by Gasteiger charge is 2.35. The number of rotatable bonds is 5. The Labute approximate surface area is 110 Å². The monoisotopic (exact) mass is 270 g/mol. The fourth-order valence-corrected chi connectivity index (χ4v) is 3.55. The average molecular weight is 270 g/mol. The van der Waals surface area contributed by atoms with Gasteiger partial charge in [-0.1, -0.05) is 0 Å². The Balaban J connectivity index is 1.80. The summed E-state index contributed by atoms with van der Waals surface area (Å²) in [6.07, 6.45) is 2.37. The van der Waals surface area contributed by atoms with Crippen molar-refractivity contribution in [1.29, 1.82) is 0 Å². The van der Waals surface area contributed by atoms with Gasteiger partial charge >= 0.3 is 5.97 Å². The lowest BCUT2D eigenvalue weighted by molar-refractivity contribution is -0.136. The van der Waals surface area contributed by atoms with E-state index in [9.17, 15) is 9.59 Å². The molecule has 18 heavy (non-hydrogen) atoms. The summed E-state index contributed by atoms with van der Waals surface area (Å²) in [4.78, 5) is 26.5. The van der Waals surface area contributed by atoms with Gasteiger partial charge in [0.1, 0.15) is 5.78 Å². The Bertz CT molecular complexity index is 351. The molecule has 0 spiro atoms. The first kappa shape index (κ1) is 13.5. The van der Waals surface area contributed by atoms with Gasteiger partial charge in [-0.2, -0.15) is 0 Å². The zero-order chi connectivity index (χ0) is 13.0. The standard InChI is InChI=1S/C12H18N2O3S/c15-10-2-1-8(4-13-6-12(16)17)3-9(10)11-5-14-7-18-11/h7-9,11,13H,1-6H2,(H,16,17). The number of nitrogens with zero attached hydrogens (tertiary/aromatic N) is 1. The van der Waals surface area contributed by atoms with Crippen LogP contribution in [0.2, 0.25) is 0 Å². The van der Waals surface area contributed by atoms with Crippen LogP contribution >= 0.6 is 11.8 Å². The van der Waals surface area contributed by atoms with E-state index in [2.05, 4.69) is 10.3 Å². The van der Waals surface area contributed by atoms with Gasteiger partial charge in [-0.25, -0.2) is 0 Å². The summed E-state index contributed by atoms with van der Waals surface area (Å²) in [5, 5.41) is 11.8. The molecule has 0 aromatic rings. The third kappa shape index (κ3) is 3.55. The van der Waals surface area contributed by atoms with Crippen LogP contribution in [0.1, 0.15) is 19.3 Å². The molecule has 0 saturated heterocycles. The molecule has 2 rings (SSSR count). The van der Waals surface area contributed by atoms with Gasteiger partial charge in [-0.15, -0.1) is 11.8 Å². The van der Waals surface area contributed by atoms with Crippen LogP contribution in [-0.4, -0.2) is 47.3 Å². The van der Waals surface area contributed by atoms with Crippen molar-refractivity contribution in [3.05, 3.63) is 0 Å². The SMILES string of the molecule is O=C(O)CNCC1CCC(=O)C(C2CN=CS2)C1. The Morgan fingerprint density at radius 2 is 2.44 bits per heavy atom. The zero-order valence-electron chi connectivity index (χ0n) is 10.2. The summed E-state index contributed by atoms with van der Waals surface area (Å²) < 4.78 is 0. The maximum Gasteiger partial charge on any atom is 0.317 e. The van der Waals surface area contributed by atoms with Crippen molar-refractivity contribution >= 4 is 29.1 Å². The first-order chi connectivity index (χ1) is 8.66. The molecule has 2 aliphatic rings. The van der Waals surface area contributed by atoms with E-state index in [0.29, 0.717) is 29.9 Å². The van der Waals surface area contributed by atoms with Crippen molar-refractivity contribution in [2.75, 3.05) is 19.6 Å². The molecular weight excluding hydrogens is 252 g/mol. The normalized spacial score (nSPS) is 31.8. The van der Waals surface area contributed by atoms with Crippen molar-refractivity contribution in [2.45, 2.75) is 24.5 Å². The highest BCUT2D eigenvalue weighted by Crippen LogP contribution is 2.34. The molecule has 1 aliphatic heterocycles. The highest BCUT2D eigenvalue weighted by molar-refractivity contribution is 8.12. The number of hydrogen-bond donors (Lipinski definition) is 2. The number of carboxylic acid groups (broad SMARTS) is 1. The van der Waals surface area contributed by atoms with Gasteiger partial charge in [0.15, 0.2) is 0 Å². The number of aliphatic imine (C=N–C) groups is 1.